The van der Waals surface area contributed by atoms with E-state index in [-0.39, 0.29) is 17.5 Å². The summed E-state index contributed by atoms with van der Waals surface area (Å²) in [7, 11) is 0. The summed E-state index contributed by atoms with van der Waals surface area (Å²) in [6.45, 7) is 1.74. The van der Waals surface area contributed by atoms with E-state index >= 15 is 0 Å². The third kappa shape index (κ3) is 4.25. The first-order valence-electron chi connectivity index (χ1n) is 8.47. The molecule has 0 aromatic heterocycles. The lowest BCUT2D eigenvalue weighted by molar-refractivity contribution is -0.140. The Labute approximate surface area is 147 Å². The number of carbonyl (C=O) groups is 2. The van der Waals surface area contributed by atoms with Crippen LogP contribution >= 0.6 is 0 Å². The predicted octanol–water partition coefficient (Wildman–Crippen LogP) is 3.32. The molecular weight excluding hydrogens is 354 g/mol. The first kappa shape index (κ1) is 18.5. The number of nitrogens with one attached hydrogen (secondary N) is 1. The van der Waals surface area contributed by atoms with Crippen molar-refractivity contribution >= 4 is 17.6 Å². The topological polar surface area (TPSA) is 52.7 Å². The number of amides is 3. The summed E-state index contributed by atoms with van der Waals surface area (Å²) in [4.78, 5) is 27.6. The first-order valence-corrected chi connectivity index (χ1v) is 8.47. The van der Waals surface area contributed by atoms with Gasteiger partial charge in [0.05, 0.1) is 5.56 Å². The van der Waals surface area contributed by atoms with Gasteiger partial charge in [-0.15, -0.1) is 0 Å². The van der Waals surface area contributed by atoms with E-state index in [0.29, 0.717) is 44.7 Å². The monoisotopic (exact) mass is 373 g/mol. The molecule has 2 aliphatic rings. The van der Waals surface area contributed by atoms with Gasteiger partial charge in [0.15, 0.2) is 0 Å². The Morgan fingerprint density at radius 3 is 2.31 bits per heavy atom. The van der Waals surface area contributed by atoms with E-state index < -0.39 is 23.6 Å². The largest absolute Gasteiger partial charge is 0.419 e. The molecule has 1 saturated heterocycles. The van der Waals surface area contributed by atoms with Gasteiger partial charge in [-0.25, -0.2) is 9.18 Å². The molecule has 1 N–H and O–H groups in total. The Bertz CT molecular complexity index is 704. The minimum atomic E-state index is -4.78. The molecule has 1 aromatic carbocycles. The van der Waals surface area contributed by atoms with Gasteiger partial charge in [0, 0.05) is 37.8 Å². The van der Waals surface area contributed by atoms with Crippen LogP contribution in [0.4, 0.5) is 28.0 Å². The number of alkyl halides is 3. The fourth-order valence-electron chi connectivity index (χ4n) is 2.95. The number of rotatable bonds is 2. The van der Waals surface area contributed by atoms with Crippen LogP contribution in [0.2, 0.25) is 0 Å². The zero-order chi connectivity index (χ0) is 18.9. The molecule has 2 fully saturated rings. The van der Waals surface area contributed by atoms with Gasteiger partial charge in [0.2, 0.25) is 5.91 Å². The Balaban J connectivity index is 1.59. The number of benzene rings is 1. The molecule has 26 heavy (non-hydrogen) atoms. The van der Waals surface area contributed by atoms with E-state index in [1.54, 1.807) is 4.90 Å². The van der Waals surface area contributed by atoms with E-state index in [0.717, 1.165) is 18.9 Å². The molecule has 0 bridgehead atoms. The zero-order valence-corrected chi connectivity index (χ0v) is 14.0. The second-order valence-corrected chi connectivity index (χ2v) is 6.56. The van der Waals surface area contributed by atoms with Crippen molar-refractivity contribution in [3.63, 3.8) is 0 Å². The molecule has 1 aliphatic carbocycles. The number of hydrogen-bond acceptors (Lipinski definition) is 2. The lowest BCUT2D eigenvalue weighted by atomic mass is 10.2. The predicted molar refractivity (Wildman–Crippen MR) is 85.9 cm³/mol. The van der Waals surface area contributed by atoms with Crippen molar-refractivity contribution < 1.29 is 27.2 Å². The SMILES string of the molecule is O=C(Nc1ccc(C(F)(F)F)c(F)c1)N1CCCN(C(=O)C2CC2)CC1. The molecule has 1 aliphatic heterocycles. The van der Waals surface area contributed by atoms with E-state index in [1.807, 2.05) is 0 Å². The van der Waals surface area contributed by atoms with Crippen LogP contribution in [-0.2, 0) is 11.0 Å². The number of hydrogen-bond donors (Lipinski definition) is 1. The summed E-state index contributed by atoms with van der Waals surface area (Å²) in [5.74, 6) is -1.20. The standard InChI is InChI=1S/C17H19F4N3O2/c18-14-10-12(4-5-13(14)17(19,20)21)22-16(26)24-7-1-6-23(8-9-24)15(25)11-2-3-11/h4-5,10-11H,1-3,6-9H2,(H,22,26). The highest BCUT2D eigenvalue weighted by Crippen LogP contribution is 2.33. The first-order chi connectivity index (χ1) is 12.3. The molecule has 142 valence electrons. The molecule has 0 spiro atoms. The number of nitrogens with zero attached hydrogens (tertiary/aromatic N) is 2. The zero-order valence-electron chi connectivity index (χ0n) is 14.0. The molecule has 0 unspecified atom stereocenters. The Morgan fingerprint density at radius 2 is 1.69 bits per heavy atom. The molecule has 1 heterocycles. The van der Waals surface area contributed by atoms with E-state index in [9.17, 15) is 27.2 Å². The van der Waals surface area contributed by atoms with E-state index in [2.05, 4.69) is 5.32 Å². The molecule has 0 atom stereocenters. The van der Waals surface area contributed by atoms with Gasteiger partial charge in [0.1, 0.15) is 5.82 Å². The summed E-state index contributed by atoms with van der Waals surface area (Å²) < 4.78 is 51.3. The van der Waals surface area contributed by atoms with Gasteiger partial charge in [-0.1, -0.05) is 0 Å². The van der Waals surface area contributed by atoms with Gasteiger partial charge >= 0.3 is 12.2 Å². The van der Waals surface area contributed by atoms with Gasteiger partial charge in [-0.3, -0.25) is 4.79 Å². The molecule has 9 heteroatoms. The molecular formula is C17H19F4N3O2. The Hall–Kier alpha value is -2.32. The molecule has 1 aromatic rings. The summed E-state index contributed by atoms with van der Waals surface area (Å²) in [6.07, 6.45) is -2.33. The van der Waals surface area contributed by atoms with Crippen molar-refractivity contribution in [1.82, 2.24) is 9.80 Å². The lowest BCUT2D eigenvalue weighted by Crippen LogP contribution is -2.39. The number of carbonyl (C=O) groups excluding carboxylic acids is 2. The molecule has 0 radical (unpaired) electrons. The fourth-order valence-corrected chi connectivity index (χ4v) is 2.95. The maximum atomic E-state index is 13.6. The van der Waals surface area contributed by atoms with Gasteiger partial charge in [-0.05, 0) is 37.5 Å². The van der Waals surface area contributed by atoms with Crippen LogP contribution in [0.1, 0.15) is 24.8 Å². The quantitative estimate of drug-likeness (QED) is 0.809. The summed E-state index contributed by atoms with van der Waals surface area (Å²) in [6, 6.07) is 1.75. The molecule has 5 nitrogen and oxygen atoms in total. The van der Waals surface area contributed by atoms with Crippen molar-refractivity contribution in [2.75, 3.05) is 31.5 Å². The van der Waals surface area contributed by atoms with Crippen LogP contribution in [0.5, 0.6) is 0 Å². The minimum absolute atomic E-state index is 0.0457. The van der Waals surface area contributed by atoms with Crippen molar-refractivity contribution in [2.45, 2.75) is 25.4 Å². The van der Waals surface area contributed by atoms with E-state index in [4.69, 9.17) is 0 Å². The highest BCUT2D eigenvalue weighted by atomic mass is 19.4. The average molecular weight is 373 g/mol. The average Bonchev–Trinajstić information content (AvgIpc) is 3.39. The normalized spacial score (nSPS) is 18.5. The second kappa shape index (κ2) is 7.13. The highest BCUT2D eigenvalue weighted by molar-refractivity contribution is 5.89. The van der Waals surface area contributed by atoms with Gasteiger partial charge < -0.3 is 15.1 Å². The smallest absolute Gasteiger partial charge is 0.341 e. The Kier molecular flexibility index (Phi) is 5.06. The maximum absolute atomic E-state index is 13.6. The third-order valence-electron chi connectivity index (χ3n) is 4.55. The van der Waals surface area contributed by atoms with Crippen LogP contribution in [-0.4, -0.2) is 47.9 Å². The van der Waals surface area contributed by atoms with E-state index in [1.165, 1.54) is 4.90 Å². The molecule has 3 amide bonds. The van der Waals surface area contributed by atoms with Crippen LogP contribution in [0.25, 0.3) is 0 Å². The number of halogens is 4. The summed E-state index contributed by atoms with van der Waals surface area (Å²) >= 11 is 0. The van der Waals surface area contributed by atoms with Crippen molar-refractivity contribution in [3.05, 3.63) is 29.6 Å². The molecule has 1 saturated carbocycles. The van der Waals surface area contributed by atoms with Crippen molar-refractivity contribution in [1.29, 1.82) is 0 Å². The van der Waals surface area contributed by atoms with Crippen LogP contribution in [0.15, 0.2) is 18.2 Å². The fraction of sp³-hybridized carbons (Fsp3) is 0.529. The van der Waals surface area contributed by atoms with Gasteiger partial charge in [-0.2, -0.15) is 13.2 Å². The van der Waals surface area contributed by atoms with Gasteiger partial charge in [0.25, 0.3) is 0 Å². The second-order valence-electron chi connectivity index (χ2n) is 6.56. The molecule has 3 rings (SSSR count). The highest BCUT2D eigenvalue weighted by Gasteiger charge is 2.35. The van der Waals surface area contributed by atoms with Crippen LogP contribution in [0, 0.1) is 11.7 Å². The van der Waals surface area contributed by atoms with Crippen LogP contribution < -0.4 is 5.32 Å². The Morgan fingerprint density at radius 1 is 1.04 bits per heavy atom. The summed E-state index contributed by atoms with van der Waals surface area (Å²) in [5, 5.41) is 2.41. The third-order valence-corrected chi connectivity index (χ3v) is 4.55. The van der Waals surface area contributed by atoms with Crippen molar-refractivity contribution in [2.24, 2.45) is 5.92 Å². The lowest BCUT2D eigenvalue weighted by Gasteiger charge is -2.22. The number of urea groups is 1. The number of anilines is 1. The summed E-state index contributed by atoms with van der Waals surface area (Å²) in [5.41, 5.74) is -1.42. The maximum Gasteiger partial charge on any atom is 0.419 e. The minimum Gasteiger partial charge on any atom is -0.341 e. The van der Waals surface area contributed by atoms with Crippen LogP contribution in [0.3, 0.4) is 0 Å². The van der Waals surface area contributed by atoms with Crippen molar-refractivity contribution in [3.8, 4) is 0 Å².